The molecule has 0 spiro atoms. The van der Waals surface area contributed by atoms with Crippen molar-refractivity contribution in [3.05, 3.63) is 51.7 Å². The van der Waals surface area contributed by atoms with Gasteiger partial charge in [-0.25, -0.2) is 13.1 Å². The van der Waals surface area contributed by atoms with E-state index in [-0.39, 0.29) is 17.5 Å². The number of benzene rings is 1. The Labute approximate surface area is 129 Å². The van der Waals surface area contributed by atoms with Crippen molar-refractivity contribution in [2.24, 2.45) is 0 Å². The molecule has 0 amide bonds. The Kier molecular flexibility index (Phi) is 5.16. The van der Waals surface area contributed by atoms with Crippen molar-refractivity contribution in [2.45, 2.75) is 37.8 Å². The first-order chi connectivity index (χ1) is 9.99. The number of nitrogens with one attached hydrogen (secondary N) is 1. The van der Waals surface area contributed by atoms with E-state index in [2.05, 4.69) is 4.72 Å². The van der Waals surface area contributed by atoms with Crippen LogP contribution >= 0.6 is 11.3 Å². The third-order valence-electron chi connectivity index (χ3n) is 3.45. The molecule has 6 heteroatoms. The van der Waals surface area contributed by atoms with Crippen LogP contribution in [-0.4, -0.2) is 13.5 Å². The van der Waals surface area contributed by atoms with E-state index in [1.807, 2.05) is 24.4 Å². The van der Waals surface area contributed by atoms with Crippen LogP contribution in [0.1, 0.15) is 35.4 Å². The molecule has 2 aromatic rings. The first-order valence-corrected chi connectivity index (χ1v) is 9.11. The molecule has 0 aliphatic rings. The van der Waals surface area contributed by atoms with Gasteiger partial charge in [-0.2, -0.15) is 0 Å². The maximum absolute atomic E-state index is 12.6. The van der Waals surface area contributed by atoms with Crippen LogP contribution in [0, 0.1) is 6.92 Å². The van der Waals surface area contributed by atoms with E-state index in [0.717, 1.165) is 4.88 Å². The lowest BCUT2D eigenvalue weighted by atomic mass is 10.1. The van der Waals surface area contributed by atoms with Gasteiger partial charge in [-0.15, -0.1) is 11.3 Å². The predicted molar refractivity (Wildman–Crippen MR) is 84.8 cm³/mol. The lowest BCUT2D eigenvalue weighted by Gasteiger charge is -2.17. The fourth-order valence-electron chi connectivity index (χ4n) is 2.21. The average Bonchev–Trinajstić information content (AvgIpc) is 2.99. The maximum atomic E-state index is 12.6. The second kappa shape index (κ2) is 6.70. The molecule has 114 valence electrons. The highest BCUT2D eigenvalue weighted by molar-refractivity contribution is 7.89. The first-order valence-electron chi connectivity index (χ1n) is 6.74. The van der Waals surface area contributed by atoms with Gasteiger partial charge in [0.2, 0.25) is 10.0 Å². The Morgan fingerprint density at radius 3 is 2.62 bits per heavy atom. The van der Waals surface area contributed by atoms with Gasteiger partial charge >= 0.3 is 0 Å². The highest BCUT2D eigenvalue weighted by Crippen LogP contribution is 2.26. The second-order valence-electron chi connectivity index (χ2n) is 4.80. The summed E-state index contributed by atoms with van der Waals surface area (Å²) in [5, 5.41) is 11.2. The topological polar surface area (TPSA) is 66.4 Å². The molecule has 0 saturated carbocycles. The number of hydrogen-bond donors (Lipinski definition) is 2. The molecule has 0 bridgehead atoms. The number of aliphatic hydroxyl groups is 1. The quantitative estimate of drug-likeness (QED) is 0.858. The summed E-state index contributed by atoms with van der Waals surface area (Å²) in [5.41, 5.74) is 1.22. The third kappa shape index (κ3) is 3.52. The molecule has 1 aromatic heterocycles. The minimum absolute atomic E-state index is 0.169. The summed E-state index contributed by atoms with van der Waals surface area (Å²) >= 11 is 1.54. The molecule has 1 unspecified atom stereocenters. The molecule has 2 rings (SSSR count). The van der Waals surface area contributed by atoms with Crippen molar-refractivity contribution in [1.29, 1.82) is 0 Å². The van der Waals surface area contributed by atoms with Crippen molar-refractivity contribution in [1.82, 2.24) is 4.72 Å². The molecule has 21 heavy (non-hydrogen) atoms. The molecular formula is C15H19NO3S2. The predicted octanol–water partition coefficient (Wildman–Crippen LogP) is 2.98. The molecule has 1 heterocycles. The van der Waals surface area contributed by atoms with E-state index in [4.69, 9.17) is 0 Å². The molecule has 0 aliphatic heterocycles. The summed E-state index contributed by atoms with van der Waals surface area (Å²) in [5.74, 6) is 0. The number of sulfonamides is 1. The van der Waals surface area contributed by atoms with Crippen molar-refractivity contribution in [3.63, 3.8) is 0 Å². The summed E-state index contributed by atoms with van der Waals surface area (Å²) in [7, 11) is -3.62. The molecule has 1 aromatic carbocycles. The van der Waals surface area contributed by atoms with Crippen molar-refractivity contribution < 1.29 is 13.5 Å². The summed E-state index contributed by atoms with van der Waals surface area (Å²) in [6, 6.07) is 8.56. The number of thiophene rings is 1. The standard InChI is InChI=1S/C15H19NO3S2/c1-3-13(14-7-5-9-20-14)16-21(18,19)15-8-4-6-12(10-17)11(15)2/h4-9,13,16-17H,3,10H2,1-2H3. The maximum Gasteiger partial charge on any atom is 0.241 e. The van der Waals surface area contributed by atoms with E-state index in [1.54, 1.807) is 25.1 Å². The zero-order valence-corrected chi connectivity index (χ0v) is 13.7. The lowest BCUT2D eigenvalue weighted by Crippen LogP contribution is -2.28. The van der Waals surface area contributed by atoms with Crippen LogP contribution in [0.25, 0.3) is 0 Å². The van der Waals surface area contributed by atoms with E-state index >= 15 is 0 Å². The molecule has 0 radical (unpaired) electrons. The van der Waals surface area contributed by atoms with E-state index in [1.165, 1.54) is 11.3 Å². The first kappa shape index (κ1) is 16.2. The fourth-order valence-corrected chi connectivity index (χ4v) is 4.73. The number of hydrogen-bond acceptors (Lipinski definition) is 4. The van der Waals surface area contributed by atoms with Gasteiger partial charge in [-0.05, 0) is 42.0 Å². The van der Waals surface area contributed by atoms with Crippen LogP contribution in [0.5, 0.6) is 0 Å². The van der Waals surface area contributed by atoms with Crippen molar-refractivity contribution in [3.8, 4) is 0 Å². The monoisotopic (exact) mass is 325 g/mol. The average molecular weight is 325 g/mol. The van der Waals surface area contributed by atoms with Gasteiger partial charge in [-0.3, -0.25) is 0 Å². The second-order valence-corrected chi connectivity index (χ2v) is 7.46. The van der Waals surface area contributed by atoms with E-state index < -0.39 is 10.0 Å². The van der Waals surface area contributed by atoms with Crippen molar-refractivity contribution in [2.75, 3.05) is 0 Å². The fraction of sp³-hybridized carbons (Fsp3) is 0.333. The molecule has 2 N–H and O–H groups in total. The van der Waals surface area contributed by atoms with Crippen LogP contribution in [0.3, 0.4) is 0 Å². The Morgan fingerprint density at radius 2 is 2.05 bits per heavy atom. The summed E-state index contributed by atoms with van der Waals surface area (Å²) in [6.07, 6.45) is 0.679. The number of aliphatic hydroxyl groups excluding tert-OH is 1. The molecule has 4 nitrogen and oxygen atoms in total. The van der Waals surface area contributed by atoms with E-state index in [0.29, 0.717) is 17.5 Å². The highest BCUT2D eigenvalue weighted by atomic mass is 32.2. The Hall–Kier alpha value is -1.21. The summed E-state index contributed by atoms with van der Waals surface area (Å²) < 4.78 is 27.9. The molecule has 0 aliphatic carbocycles. The van der Waals surface area contributed by atoms with Crippen LogP contribution in [0.4, 0.5) is 0 Å². The third-order valence-corrected chi connectivity index (χ3v) is 6.05. The van der Waals surface area contributed by atoms with Crippen molar-refractivity contribution >= 4 is 21.4 Å². The smallest absolute Gasteiger partial charge is 0.241 e. The molecule has 0 fully saturated rings. The van der Waals surface area contributed by atoms with Gasteiger partial charge in [0, 0.05) is 4.88 Å². The van der Waals surface area contributed by atoms with Gasteiger partial charge in [0.1, 0.15) is 0 Å². The molecule has 0 saturated heterocycles. The van der Waals surface area contributed by atoms with Crippen LogP contribution in [0.15, 0.2) is 40.6 Å². The summed E-state index contributed by atoms with van der Waals surface area (Å²) in [6.45, 7) is 3.49. The Balaban J connectivity index is 2.34. The normalized spacial score (nSPS) is 13.3. The highest BCUT2D eigenvalue weighted by Gasteiger charge is 2.23. The van der Waals surface area contributed by atoms with Gasteiger partial charge in [0.25, 0.3) is 0 Å². The largest absolute Gasteiger partial charge is 0.392 e. The van der Waals surface area contributed by atoms with Gasteiger partial charge < -0.3 is 5.11 Å². The minimum Gasteiger partial charge on any atom is -0.392 e. The Morgan fingerprint density at radius 1 is 1.29 bits per heavy atom. The van der Waals surface area contributed by atoms with Gasteiger partial charge in [-0.1, -0.05) is 25.1 Å². The number of rotatable bonds is 6. The summed E-state index contributed by atoms with van der Waals surface area (Å²) in [4.78, 5) is 1.22. The minimum atomic E-state index is -3.62. The molecular weight excluding hydrogens is 306 g/mol. The Bertz CT molecular complexity index is 694. The SMILES string of the molecule is CCC(NS(=O)(=O)c1cccc(CO)c1C)c1cccs1. The zero-order valence-electron chi connectivity index (χ0n) is 12.0. The van der Waals surface area contributed by atoms with Crippen LogP contribution < -0.4 is 4.72 Å². The lowest BCUT2D eigenvalue weighted by molar-refractivity contribution is 0.280. The van der Waals surface area contributed by atoms with Gasteiger partial charge in [0.05, 0.1) is 17.5 Å². The zero-order chi connectivity index (χ0) is 15.5. The van der Waals surface area contributed by atoms with E-state index in [9.17, 15) is 13.5 Å². The van der Waals surface area contributed by atoms with Crippen LogP contribution in [-0.2, 0) is 16.6 Å². The van der Waals surface area contributed by atoms with Gasteiger partial charge in [0.15, 0.2) is 0 Å². The van der Waals surface area contributed by atoms with Crippen LogP contribution in [0.2, 0.25) is 0 Å². The molecule has 1 atom stereocenters.